The number of aromatic nitrogens is 2. The number of nitrogens with zero attached hydrogens (tertiary/aromatic N) is 2. The largest absolute Gasteiger partial charge is 0.467 e. The van der Waals surface area contributed by atoms with Crippen LogP contribution in [0.5, 0.6) is 0 Å². The van der Waals surface area contributed by atoms with Crippen molar-refractivity contribution < 1.29 is 23.5 Å². The molecule has 1 unspecified atom stereocenters. The molecule has 2 aromatic carbocycles. The van der Waals surface area contributed by atoms with Gasteiger partial charge < -0.3 is 23.2 Å². The quantitative estimate of drug-likeness (QED) is 0.358. The standard InChI is InChI=1S/C27H22N2O5/c1-15-18-12-21(25-19(13-30)17-10-6-7-11-20(17)33-25)34-26(18)24-22(16-8-4-3-5-9-16)28-14-29(24)23(15)27(31)32-2/h3-12,14-15,23,30H,13H2,1-2H3/t15?,23-/m0/s1. The number of esters is 1. The topological polar surface area (TPSA) is 90.6 Å². The van der Waals surface area contributed by atoms with Crippen LogP contribution in [0.25, 0.3) is 45.2 Å². The minimum Gasteiger partial charge on any atom is -0.467 e. The van der Waals surface area contributed by atoms with Gasteiger partial charge in [0, 0.05) is 28.0 Å². The number of furan rings is 2. The second-order valence-electron chi connectivity index (χ2n) is 8.43. The Morgan fingerprint density at radius 2 is 1.85 bits per heavy atom. The van der Waals surface area contributed by atoms with Crippen molar-refractivity contribution in [2.75, 3.05) is 7.11 Å². The normalized spacial score (nSPS) is 16.9. The second-order valence-corrected chi connectivity index (χ2v) is 8.43. The van der Waals surface area contributed by atoms with Crippen LogP contribution in [0, 0.1) is 0 Å². The zero-order valence-corrected chi connectivity index (χ0v) is 18.7. The summed E-state index contributed by atoms with van der Waals surface area (Å²) >= 11 is 0. The Labute approximate surface area is 195 Å². The van der Waals surface area contributed by atoms with Crippen LogP contribution in [0.3, 0.4) is 0 Å². The van der Waals surface area contributed by atoms with Crippen molar-refractivity contribution in [2.45, 2.75) is 25.5 Å². The summed E-state index contributed by atoms with van der Waals surface area (Å²) in [6.07, 6.45) is 1.67. The third kappa shape index (κ3) is 2.87. The van der Waals surface area contributed by atoms with Crippen LogP contribution in [0.2, 0.25) is 0 Å². The molecule has 2 atom stereocenters. The first-order valence-electron chi connectivity index (χ1n) is 11.1. The molecule has 0 bridgehead atoms. The Bertz CT molecular complexity index is 1530. The first-order valence-corrected chi connectivity index (χ1v) is 11.1. The van der Waals surface area contributed by atoms with E-state index in [2.05, 4.69) is 4.98 Å². The molecule has 0 amide bonds. The fourth-order valence-corrected chi connectivity index (χ4v) is 4.95. The van der Waals surface area contributed by atoms with Crippen LogP contribution in [-0.2, 0) is 16.1 Å². The summed E-state index contributed by atoms with van der Waals surface area (Å²) in [5.74, 6) is 1.02. The number of ether oxygens (including phenoxy) is 1. The van der Waals surface area contributed by atoms with E-state index in [0.29, 0.717) is 34.1 Å². The summed E-state index contributed by atoms with van der Waals surface area (Å²) in [5, 5.41) is 10.9. The molecule has 0 saturated carbocycles. The summed E-state index contributed by atoms with van der Waals surface area (Å²) in [6.45, 7) is 1.78. The highest BCUT2D eigenvalue weighted by atomic mass is 16.5. The zero-order chi connectivity index (χ0) is 23.4. The van der Waals surface area contributed by atoms with E-state index in [9.17, 15) is 9.90 Å². The van der Waals surface area contributed by atoms with E-state index in [1.807, 2.05) is 72.2 Å². The van der Waals surface area contributed by atoms with E-state index in [-0.39, 0.29) is 18.5 Å². The number of hydrogen-bond acceptors (Lipinski definition) is 6. The molecule has 0 aliphatic carbocycles. The van der Waals surface area contributed by atoms with E-state index < -0.39 is 6.04 Å². The van der Waals surface area contributed by atoms with Crippen molar-refractivity contribution in [3.05, 3.63) is 78.1 Å². The highest BCUT2D eigenvalue weighted by molar-refractivity contribution is 5.89. The maximum absolute atomic E-state index is 12.8. The minimum absolute atomic E-state index is 0.189. The number of aliphatic hydroxyl groups is 1. The molecule has 0 saturated heterocycles. The lowest BCUT2D eigenvalue weighted by molar-refractivity contribution is -0.145. The number of methoxy groups -OCH3 is 1. The van der Waals surface area contributed by atoms with Crippen LogP contribution in [0.4, 0.5) is 0 Å². The fraction of sp³-hybridized carbons (Fsp3) is 0.185. The van der Waals surface area contributed by atoms with Gasteiger partial charge in [-0.25, -0.2) is 9.78 Å². The van der Waals surface area contributed by atoms with E-state index >= 15 is 0 Å². The first kappa shape index (κ1) is 20.5. The average molecular weight is 454 g/mol. The Morgan fingerprint density at radius 3 is 2.62 bits per heavy atom. The van der Waals surface area contributed by atoms with E-state index in [0.717, 1.165) is 22.2 Å². The lowest BCUT2D eigenvalue weighted by atomic mass is 9.87. The van der Waals surface area contributed by atoms with Gasteiger partial charge >= 0.3 is 5.97 Å². The molecule has 0 fully saturated rings. The van der Waals surface area contributed by atoms with Gasteiger partial charge in [0.15, 0.2) is 17.3 Å². The summed E-state index contributed by atoms with van der Waals surface area (Å²) in [7, 11) is 1.39. The molecule has 7 heteroatoms. The van der Waals surface area contributed by atoms with Gasteiger partial charge in [0.05, 0.1) is 25.7 Å². The highest BCUT2D eigenvalue weighted by Crippen LogP contribution is 2.49. The van der Waals surface area contributed by atoms with Gasteiger partial charge in [-0.05, 0) is 12.1 Å². The number of carbonyl (C=O) groups excluding carboxylic acids is 1. The zero-order valence-electron chi connectivity index (χ0n) is 18.7. The molecule has 4 heterocycles. The van der Waals surface area contributed by atoms with Gasteiger partial charge in [0.1, 0.15) is 17.3 Å². The lowest BCUT2D eigenvalue weighted by Crippen LogP contribution is -2.29. The minimum atomic E-state index is -0.587. The van der Waals surface area contributed by atoms with Crippen molar-refractivity contribution in [1.82, 2.24) is 9.55 Å². The highest BCUT2D eigenvalue weighted by Gasteiger charge is 2.41. The third-order valence-electron chi connectivity index (χ3n) is 6.60. The molecule has 34 heavy (non-hydrogen) atoms. The Hall–Kier alpha value is -4.10. The molecule has 0 spiro atoms. The molecule has 3 aromatic heterocycles. The monoisotopic (exact) mass is 454 g/mol. The summed E-state index contributed by atoms with van der Waals surface area (Å²) < 4.78 is 19.5. The molecule has 170 valence electrons. The van der Waals surface area contributed by atoms with Crippen molar-refractivity contribution in [1.29, 1.82) is 0 Å². The number of hydrogen-bond donors (Lipinski definition) is 1. The maximum Gasteiger partial charge on any atom is 0.329 e. The molecule has 1 N–H and O–H groups in total. The van der Waals surface area contributed by atoms with Crippen LogP contribution in [0.15, 0.2) is 75.8 Å². The van der Waals surface area contributed by atoms with Crippen molar-refractivity contribution in [3.8, 4) is 34.2 Å². The Kier molecular flexibility index (Phi) is 4.67. The second kappa shape index (κ2) is 7.74. The van der Waals surface area contributed by atoms with Crippen molar-refractivity contribution >= 4 is 16.9 Å². The van der Waals surface area contributed by atoms with E-state index in [1.54, 1.807) is 6.33 Å². The molecular weight excluding hydrogens is 432 g/mol. The van der Waals surface area contributed by atoms with Crippen LogP contribution < -0.4 is 0 Å². The van der Waals surface area contributed by atoms with Crippen molar-refractivity contribution in [3.63, 3.8) is 0 Å². The number of aliphatic hydroxyl groups excluding tert-OH is 1. The Morgan fingerprint density at radius 1 is 1.09 bits per heavy atom. The Balaban J connectivity index is 1.60. The number of benzene rings is 2. The molecule has 6 rings (SSSR count). The predicted molar refractivity (Wildman–Crippen MR) is 126 cm³/mol. The summed E-state index contributed by atoms with van der Waals surface area (Å²) in [4.78, 5) is 17.5. The first-order chi connectivity index (χ1) is 16.6. The number of imidazole rings is 1. The summed E-state index contributed by atoms with van der Waals surface area (Å²) in [6, 6.07) is 18.7. The average Bonchev–Trinajstić information content (AvgIpc) is 3.59. The molecular formula is C27H22N2O5. The molecule has 0 radical (unpaired) electrons. The number of rotatable bonds is 4. The summed E-state index contributed by atoms with van der Waals surface area (Å²) in [5.41, 5.74) is 4.54. The van der Waals surface area contributed by atoms with Crippen LogP contribution in [0.1, 0.15) is 30.0 Å². The van der Waals surface area contributed by atoms with E-state index in [4.69, 9.17) is 13.6 Å². The van der Waals surface area contributed by atoms with Gasteiger partial charge in [-0.2, -0.15) is 0 Å². The van der Waals surface area contributed by atoms with Gasteiger partial charge in [0.2, 0.25) is 0 Å². The molecule has 1 aliphatic rings. The SMILES string of the molecule is COC(=O)[C@@H]1C(C)c2cc(-c3oc4ccccc4c3CO)oc2-c2c(-c3ccccc3)ncn21. The van der Waals surface area contributed by atoms with Gasteiger partial charge in [0.25, 0.3) is 0 Å². The molecule has 5 aromatic rings. The number of para-hydroxylation sites is 1. The van der Waals surface area contributed by atoms with Gasteiger partial charge in [-0.1, -0.05) is 55.5 Å². The molecule has 7 nitrogen and oxygen atoms in total. The van der Waals surface area contributed by atoms with Crippen LogP contribution >= 0.6 is 0 Å². The maximum atomic E-state index is 12.8. The number of fused-ring (bicyclic) bond motifs is 4. The van der Waals surface area contributed by atoms with Crippen molar-refractivity contribution in [2.24, 2.45) is 0 Å². The smallest absolute Gasteiger partial charge is 0.329 e. The fourth-order valence-electron chi connectivity index (χ4n) is 4.95. The van der Waals surface area contributed by atoms with Gasteiger partial charge in [-0.3, -0.25) is 0 Å². The van der Waals surface area contributed by atoms with Crippen LogP contribution in [-0.4, -0.2) is 27.7 Å². The third-order valence-corrected chi connectivity index (χ3v) is 6.60. The predicted octanol–water partition coefficient (Wildman–Crippen LogP) is 5.55. The van der Waals surface area contributed by atoms with E-state index in [1.165, 1.54) is 7.11 Å². The van der Waals surface area contributed by atoms with Gasteiger partial charge in [-0.15, -0.1) is 0 Å². The molecule has 1 aliphatic heterocycles. The number of carbonyl (C=O) groups is 1. The lowest BCUT2D eigenvalue weighted by Gasteiger charge is -2.29.